The number of rotatable bonds is 7. The Balaban J connectivity index is 1.72. The Labute approximate surface area is 129 Å². The van der Waals surface area contributed by atoms with Crippen molar-refractivity contribution in [2.45, 2.75) is 33.2 Å². The quantitative estimate of drug-likeness (QED) is 0.399. The molecule has 0 unspecified atom stereocenters. The van der Waals surface area contributed by atoms with E-state index in [1.165, 1.54) is 4.88 Å². The largest absolute Gasteiger partial charge is 0.357 e. The second-order valence-electron chi connectivity index (χ2n) is 5.05. The third kappa shape index (κ3) is 5.34. The minimum absolute atomic E-state index is 0.180. The van der Waals surface area contributed by atoms with E-state index in [2.05, 4.69) is 25.9 Å². The zero-order valence-electron chi connectivity index (χ0n) is 12.6. The van der Waals surface area contributed by atoms with Crippen molar-refractivity contribution in [1.29, 1.82) is 0 Å². The van der Waals surface area contributed by atoms with Gasteiger partial charge in [0.15, 0.2) is 5.96 Å². The number of carbonyl (C=O) groups excluding carboxylic acids is 1. The van der Waals surface area contributed by atoms with Crippen LogP contribution in [0.15, 0.2) is 10.5 Å². The van der Waals surface area contributed by atoms with Crippen LogP contribution in [-0.4, -0.2) is 36.5 Å². The number of nitrogens with zero attached hydrogens (tertiary/aromatic N) is 2. The lowest BCUT2D eigenvalue weighted by molar-refractivity contribution is -0.122. The molecule has 21 heavy (non-hydrogen) atoms. The summed E-state index contributed by atoms with van der Waals surface area (Å²) in [6, 6.07) is 0. The van der Waals surface area contributed by atoms with Crippen LogP contribution in [0.25, 0.3) is 0 Å². The molecule has 1 fully saturated rings. The van der Waals surface area contributed by atoms with Crippen molar-refractivity contribution in [3.8, 4) is 0 Å². The SMILES string of the molecule is CCNC(=NCc1scnc1C)NCCNC(=O)C1CC1. The van der Waals surface area contributed by atoms with Crippen molar-refractivity contribution in [3.63, 3.8) is 0 Å². The fraction of sp³-hybridized carbons (Fsp3) is 0.643. The van der Waals surface area contributed by atoms with Crippen LogP contribution in [0.3, 0.4) is 0 Å². The van der Waals surface area contributed by atoms with Gasteiger partial charge in [0.1, 0.15) is 0 Å². The molecule has 1 heterocycles. The molecule has 1 aromatic rings. The summed E-state index contributed by atoms with van der Waals surface area (Å²) < 4.78 is 0. The van der Waals surface area contributed by atoms with Crippen LogP contribution in [0, 0.1) is 12.8 Å². The molecule has 0 spiro atoms. The van der Waals surface area contributed by atoms with Gasteiger partial charge in [-0.2, -0.15) is 0 Å². The van der Waals surface area contributed by atoms with Gasteiger partial charge in [0.2, 0.25) is 5.91 Å². The first-order valence-corrected chi connectivity index (χ1v) is 8.27. The molecule has 0 bridgehead atoms. The lowest BCUT2D eigenvalue weighted by Crippen LogP contribution is -2.41. The van der Waals surface area contributed by atoms with Crippen LogP contribution in [0.4, 0.5) is 0 Å². The lowest BCUT2D eigenvalue weighted by atomic mass is 10.4. The number of aryl methyl sites for hydroxylation is 1. The molecule has 1 saturated carbocycles. The van der Waals surface area contributed by atoms with Gasteiger partial charge in [-0.15, -0.1) is 11.3 Å². The van der Waals surface area contributed by atoms with Crippen LogP contribution in [-0.2, 0) is 11.3 Å². The van der Waals surface area contributed by atoms with Gasteiger partial charge in [-0.3, -0.25) is 4.79 Å². The topological polar surface area (TPSA) is 78.4 Å². The number of aromatic nitrogens is 1. The summed E-state index contributed by atoms with van der Waals surface area (Å²) in [6.07, 6.45) is 2.08. The molecule has 1 aromatic heterocycles. The van der Waals surface area contributed by atoms with E-state index in [1.54, 1.807) is 11.3 Å². The summed E-state index contributed by atoms with van der Waals surface area (Å²) in [5.41, 5.74) is 2.88. The number of nitrogens with one attached hydrogen (secondary N) is 3. The third-order valence-corrected chi connectivity index (χ3v) is 4.15. The van der Waals surface area contributed by atoms with Gasteiger partial charge in [0, 0.05) is 30.4 Å². The number of carbonyl (C=O) groups is 1. The molecule has 1 amide bonds. The average molecular weight is 309 g/mol. The molecule has 0 aliphatic heterocycles. The first-order valence-electron chi connectivity index (χ1n) is 7.39. The third-order valence-electron chi connectivity index (χ3n) is 3.23. The normalized spacial score (nSPS) is 14.9. The highest BCUT2D eigenvalue weighted by Crippen LogP contribution is 2.28. The fourth-order valence-corrected chi connectivity index (χ4v) is 2.53. The van der Waals surface area contributed by atoms with Crippen LogP contribution in [0.5, 0.6) is 0 Å². The monoisotopic (exact) mass is 309 g/mol. The molecule has 2 rings (SSSR count). The Morgan fingerprint density at radius 3 is 2.76 bits per heavy atom. The number of amides is 1. The summed E-state index contributed by atoms with van der Waals surface area (Å²) >= 11 is 1.62. The Morgan fingerprint density at radius 1 is 1.38 bits per heavy atom. The molecule has 7 heteroatoms. The second kappa shape index (κ2) is 7.97. The molecule has 0 saturated heterocycles. The molecule has 0 radical (unpaired) electrons. The zero-order valence-corrected chi connectivity index (χ0v) is 13.4. The van der Waals surface area contributed by atoms with E-state index < -0.39 is 0 Å². The maximum absolute atomic E-state index is 11.5. The van der Waals surface area contributed by atoms with Crippen LogP contribution < -0.4 is 16.0 Å². The molecule has 1 aliphatic carbocycles. The molecular weight excluding hydrogens is 286 g/mol. The number of aliphatic imine (C=N–C) groups is 1. The molecule has 116 valence electrons. The Kier molecular flexibility index (Phi) is 5.98. The van der Waals surface area contributed by atoms with Crippen LogP contribution >= 0.6 is 11.3 Å². The first kappa shape index (κ1) is 15.8. The predicted octanol–water partition coefficient (Wildman–Crippen LogP) is 1.03. The average Bonchev–Trinajstić information content (AvgIpc) is 3.24. The summed E-state index contributed by atoms with van der Waals surface area (Å²) in [6.45, 7) is 6.76. The van der Waals surface area contributed by atoms with E-state index in [0.717, 1.165) is 31.0 Å². The number of guanidine groups is 1. The minimum atomic E-state index is 0.180. The van der Waals surface area contributed by atoms with Crippen molar-refractivity contribution < 1.29 is 4.79 Å². The van der Waals surface area contributed by atoms with Crippen molar-refractivity contribution in [1.82, 2.24) is 20.9 Å². The van der Waals surface area contributed by atoms with Crippen molar-refractivity contribution in [2.75, 3.05) is 19.6 Å². The van der Waals surface area contributed by atoms with E-state index in [4.69, 9.17) is 0 Å². The maximum Gasteiger partial charge on any atom is 0.223 e. The van der Waals surface area contributed by atoms with E-state index in [-0.39, 0.29) is 11.8 Å². The molecule has 6 nitrogen and oxygen atoms in total. The number of thiazole rings is 1. The highest BCUT2D eigenvalue weighted by atomic mass is 32.1. The van der Waals surface area contributed by atoms with E-state index in [1.807, 2.05) is 19.4 Å². The van der Waals surface area contributed by atoms with Crippen molar-refractivity contribution >= 4 is 23.2 Å². The summed E-state index contributed by atoms with van der Waals surface area (Å²) in [5.74, 6) is 1.21. The first-order chi connectivity index (χ1) is 10.2. The van der Waals surface area contributed by atoms with E-state index >= 15 is 0 Å². The van der Waals surface area contributed by atoms with Crippen LogP contribution in [0.1, 0.15) is 30.3 Å². The Hall–Kier alpha value is -1.63. The van der Waals surface area contributed by atoms with E-state index in [9.17, 15) is 4.79 Å². The summed E-state index contributed by atoms with van der Waals surface area (Å²) in [7, 11) is 0. The van der Waals surface area contributed by atoms with Gasteiger partial charge in [0.25, 0.3) is 0 Å². The summed E-state index contributed by atoms with van der Waals surface area (Å²) in [4.78, 5) is 21.4. The lowest BCUT2D eigenvalue weighted by Gasteiger charge is -2.11. The Morgan fingerprint density at radius 2 is 2.14 bits per heavy atom. The Bertz CT molecular complexity index is 495. The standard InChI is InChI=1S/C14H23N5OS/c1-3-15-14(18-8-12-10(2)19-9-21-12)17-7-6-16-13(20)11-4-5-11/h9,11H,3-8H2,1-2H3,(H,16,20)(H2,15,17,18). The van der Waals surface area contributed by atoms with Crippen LogP contribution in [0.2, 0.25) is 0 Å². The molecular formula is C14H23N5OS. The predicted molar refractivity (Wildman–Crippen MR) is 85.4 cm³/mol. The maximum atomic E-state index is 11.5. The molecule has 3 N–H and O–H groups in total. The van der Waals surface area contributed by atoms with Gasteiger partial charge in [-0.25, -0.2) is 9.98 Å². The van der Waals surface area contributed by atoms with Gasteiger partial charge < -0.3 is 16.0 Å². The molecule has 0 atom stereocenters. The van der Waals surface area contributed by atoms with Gasteiger partial charge in [-0.05, 0) is 26.7 Å². The second-order valence-corrected chi connectivity index (χ2v) is 5.99. The number of hydrogen-bond donors (Lipinski definition) is 3. The van der Waals surface area contributed by atoms with E-state index in [0.29, 0.717) is 19.6 Å². The van der Waals surface area contributed by atoms with Gasteiger partial charge >= 0.3 is 0 Å². The van der Waals surface area contributed by atoms with Crippen molar-refractivity contribution in [3.05, 3.63) is 16.1 Å². The zero-order chi connectivity index (χ0) is 15.1. The molecule has 0 aromatic carbocycles. The van der Waals surface area contributed by atoms with Crippen molar-refractivity contribution in [2.24, 2.45) is 10.9 Å². The number of hydrogen-bond acceptors (Lipinski definition) is 4. The molecule has 1 aliphatic rings. The summed E-state index contributed by atoms with van der Waals surface area (Å²) in [5, 5.41) is 9.35. The highest BCUT2D eigenvalue weighted by molar-refractivity contribution is 7.09. The minimum Gasteiger partial charge on any atom is -0.357 e. The van der Waals surface area contributed by atoms with Gasteiger partial charge in [-0.1, -0.05) is 0 Å². The van der Waals surface area contributed by atoms with Gasteiger partial charge in [0.05, 0.1) is 17.7 Å². The smallest absolute Gasteiger partial charge is 0.223 e. The fourth-order valence-electron chi connectivity index (χ4n) is 1.83. The highest BCUT2D eigenvalue weighted by Gasteiger charge is 2.28.